The molecule has 2 aromatic rings. The molecule has 1 aliphatic rings. The second kappa shape index (κ2) is 7.15. The summed E-state index contributed by atoms with van der Waals surface area (Å²) >= 11 is 6.01. The van der Waals surface area contributed by atoms with Crippen LogP contribution in [0.15, 0.2) is 39.8 Å². The Bertz CT molecular complexity index is 873. The van der Waals surface area contributed by atoms with Gasteiger partial charge in [0.1, 0.15) is 10.7 Å². The topological polar surface area (TPSA) is 92.5 Å². The smallest absolute Gasteiger partial charge is 0.244 e. The van der Waals surface area contributed by atoms with Crippen molar-refractivity contribution in [2.45, 2.75) is 24.7 Å². The van der Waals surface area contributed by atoms with Gasteiger partial charge in [0, 0.05) is 25.1 Å². The number of sulfonamides is 1. The molecule has 1 fully saturated rings. The van der Waals surface area contributed by atoms with Crippen molar-refractivity contribution in [3.8, 4) is 0 Å². The maximum absolute atomic E-state index is 12.7. The van der Waals surface area contributed by atoms with Crippen molar-refractivity contribution in [3.05, 3.63) is 41.1 Å². The van der Waals surface area contributed by atoms with Crippen molar-refractivity contribution >= 4 is 33.3 Å². The maximum Gasteiger partial charge on any atom is 0.244 e. The van der Waals surface area contributed by atoms with E-state index < -0.39 is 10.0 Å². The SMILES string of the molecule is Cc1cc(NC(=O)C2CCN(S(=O)(=O)c3ccccc3Cl)CC2)no1. The Morgan fingerprint density at radius 3 is 2.60 bits per heavy atom. The Balaban J connectivity index is 1.63. The molecule has 1 aromatic heterocycles. The summed E-state index contributed by atoms with van der Waals surface area (Å²) in [5.74, 6) is 0.530. The number of hydrogen-bond acceptors (Lipinski definition) is 5. The van der Waals surface area contributed by atoms with E-state index in [1.807, 2.05) is 0 Å². The first kappa shape index (κ1) is 17.9. The molecule has 1 aliphatic heterocycles. The van der Waals surface area contributed by atoms with Gasteiger partial charge < -0.3 is 9.84 Å². The summed E-state index contributed by atoms with van der Waals surface area (Å²) in [5, 5.41) is 6.62. The summed E-state index contributed by atoms with van der Waals surface area (Å²) in [6.45, 7) is 2.27. The van der Waals surface area contributed by atoms with Crippen LogP contribution in [-0.2, 0) is 14.8 Å². The number of benzene rings is 1. The molecule has 7 nitrogen and oxygen atoms in total. The second-order valence-corrected chi connectivity index (χ2v) is 8.23. The number of anilines is 1. The third-order valence-electron chi connectivity index (χ3n) is 4.16. The lowest BCUT2D eigenvalue weighted by Gasteiger charge is -2.30. The van der Waals surface area contributed by atoms with E-state index >= 15 is 0 Å². The lowest BCUT2D eigenvalue weighted by Crippen LogP contribution is -2.41. The van der Waals surface area contributed by atoms with E-state index in [9.17, 15) is 13.2 Å². The van der Waals surface area contributed by atoms with Gasteiger partial charge in [0.25, 0.3) is 0 Å². The molecule has 9 heteroatoms. The predicted octanol–water partition coefficient (Wildman–Crippen LogP) is 2.68. The highest BCUT2D eigenvalue weighted by atomic mass is 35.5. The number of carbonyl (C=O) groups is 1. The lowest BCUT2D eigenvalue weighted by molar-refractivity contribution is -0.120. The Morgan fingerprint density at radius 1 is 1.32 bits per heavy atom. The van der Waals surface area contributed by atoms with Gasteiger partial charge in [-0.05, 0) is 31.9 Å². The average Bonchev–Trinajstić information content (AvgIpc) is 3.00. The minimum atomic E-state index is -3.66. The molecule has 1 N–H and O–H groups in total. The van der Waals surface area contributed by atoms with E-state index in [0.717, 1.165) is 0 Å². The molecular weight excluding hydrogens is 366 g/mol. The van der Waals surface area contributed by atoms with Gasteiger partial charge >= 0.3 is 0 Å². The zero-order chi connectivity index (χ0) is 18.0. The van der Waals surface area contributed by atoms with E-state index in [0.29, 0.717) is 24.4 Å². The molecule has 0 radical (unpaired) electrons. The van der Waals surface area contributed by atoms with Crippen molar-refractivity contribution in [1.82, 2.24) is 9.46 Å². The summed E-state index contributed by atoms with van der Waals surface area (Å²) in [6, 6.07) is 8.00. The zero-order valence-corrected chi connectivity index (χ0v) is 15.2. The van der Waals surface area contributed by atoms with Crippen LogP contribution in [0, 0.1) is 12.8 Å². The first-order valence-electron chi connectivity index (χ1n) is 7.87. The summed E-state index contributed by atoms with van der Waals surface area (Å²) in [4.78, 5) is 12.4. The lowest BCUT2D eigenvalue weighted by atomic mass is 9.97. The molecule has 0 spiro atoms. The van der Waals surface area contributed by atoms with Gasteiger partial charge in [-0.15, -0.1) is 0 Å². The number of halogens is 1. The standard InChI is InChI=1S/C16H18ClN3O4S/c1-11-10-15(19-24-11)18-16(21)12-6-8-20(9-7-12)25(22,23)14-5-3-2-4-13(14)17/h2-5,10,12H,6-9H2,1H3,(H,18,19,21). The number of amides is 1. The van der Waals surface area contributed by atoms with Crippen LogP contribution in [-0.4, -0.2) is 36.9 Å². The van der Waals surface area contributed by atoms with Gasteiger partial charge in [-0.2, -0.15) is 4.31 Å². The number of rotatable bonds is 4. The van der Waals surface area contributed by atoms with Crippen LogP contribution >= 0.6 is 11.6 Å². The van der Waals surface area contributed by atoms with E-state index in [1.165, 1.54) is 10.4 Å². The molecule has 0 bridgehead atoms. The van der Waals surface area contributed by atoms with Crippen molar-refractivity contribution in [3.63, 3.8) is 0 Å². The summed E-state index contributed by atoms with van der Waals surface area (Å²) < 4.78 is 31.7. The highest BCUT2D eigenvalue weighted by Gasteiger charge is 2.33. The number of nitrogens with zero attached hydrogens (tertiary/aromatic N) is 2. The minimum Gasteiger partial charge on any atom is -0.360 e. The molecule has 3 rings (SSSR count). The zero-order valence-electron chi connectivity index (χ0n) is 13.6. The molecule has 134 valence electrons. The van der Waals surface area contributed by atoms with E-state index in [2.05, 4.69) is 10.5 Å². The Labute approximate surface area is 151 Å². The first-order valence-corrected chi connectivity index (χ1v) is 9.68. The highest BCUT2D eigenvalue weighted by molar-refractivity contribution is 7.89. The molecule has 0 unspecified atom stereocenters. The van der Waals surface area contributed by atoms with Gasteiger partial charge in [0.15, 0.2) is 5.82 Å². The number of piperidine rings is 1. The van der Waals surface area contributed by atoms with Crippen molar-refractivity contribution in [2.24, 2.45) is 5.92 Å². The number of nitrogens with one attached hydrogen (secondary N) is 1. The fourth-order valence-electron chi connectivity index (χ4n) is 2.80. The molecule has 1 amide bonds. The molecule has 1 saturated heterocycles. The number of aryl methyl sites for hydroxylation is 1. The van der Waals surface area contributed by atoms with Crippen molar-refractivity contribution < 1.29 is 17.7 Å². The van der Waals surface area contributed by atoms with Crippen LogP contribution in [0.25, 0.3) is 0 Å². The maximum atomic E-state index is 12.7. The van der Waals surface area contributed by atoms with Crippen LogP contribution in [0.4, 0.5) is 5.82 Å². The minimum absolute atomic E-state index is 0.0950. The predicted molar refractivity (Wildman–Crippen MR) is 92.8 cm³/mol. The van der Waals surface area contributed by atoms with E-state index in [4.69, 9.17) is 16.1 Å². The fraction of sp³-hybridized carbons (Fsp3) is 0.375. The van der Waals surface area contributed by atoms with Crippen LogP contribution in [0.2, 0.25) is 5.02 Å². The van der Waals surface area contributed by atoms with Gasteiger partial charge in [-0.25, -0.2) is 8.42 Å². The Hall–Kier alpha value is -1.90. The molecule has 0 aliphatic carbocycles. The van der Waals surface area contributed by atoms with Crippen molar-refractivity contribution in [2.75, 3.05) is 18.4 Å². The largest absolute Gasteiger partial charge is 0.360 e. The molecule has 0 saturated carbocycles. The number of hydrogen-bond donors (Lipinski definition) is 1. The third kappa shape index (κ3) is 3.86. The van der Waals surface area contributed by atoms with Gasteiger partial charge in [0.2, 0.25) is 15.9 Å². The monoisotopic (exact) mass is 383 g/mol. The Morgan fingerprint density at radius 2 is 2.00 bits per heavy atom. The normalized spacial score (nSPS) is 16.7. The summed E-state index contributed by atoms with van der Waals surface area (Å²) in [5.41, 5.74) is 0. The van der Waals surface area contributed by atoms with Crippen LogP contribution < -0.4 is 5.32 Å². The van der Waals surface area contributed by atoms with E-state index in [1.54, 1.807) is 31.2 Å². The third-order valence-corrected chi connectivity index (χ3v) is 6.56. The van der Waals surface area contributed by atoms with Crippen molar-refractivity contribution in [1.29, 1.82) is 0 Å². The van der Waals surface area contributed by atoms with Crippen LogP contribution in [0.5, 0.6) is 0 Å². The molecule has 0 atom stereocenters. The first-order chi connectivity index (χ1) is 11.9. The van der Waals surface area contributed by atoms with E-state index in [-0.39, 0.29) is 34.8 Å². The molecular formula is C16H18ClN3O4S. The highest BCUT2D eigenvalue weighted by Crippen LogP contribution is 2.28. The molecule has 2 heterocycles. The molecule has 25 heavy (non-hydrogen) atoms. The Kier molecular flexibility index (Phi) is 5.12. The number of aromatic nitrogens is 1. The van der Waals surface area contributed by atoms with Gasteiger partial charge in [0.05, 0.1) is 5.02 Å². The van der Waals surface area contributed by atoms with Gasteiger partial charge in [-0.1, -0.05) is 28.9 Å². The van der Waals surface area contributed by atoms with Crippen LogP contribution in [0.3, 0.4) is 0 Å². The molecule has 1 aromatic carbocycles. The summed E-state index contributed by atoms with van der Waals surface area (Å²) in [6.07, 6.45) is 0.874. The van der Waals surface area contributed by atoms with Crippen LogP contribution in [0.1, 0.15) is 18.6 Å². The average molecular weight is 384 g/mol. The van der Waals surface area contributed by atoms with Gasteiger partial charge in [-0.3, -0.25) is 4.79 Å². The fourth-order valence-corrected chi connectivity index (χ4v) is 4.77. The quantitative estimate of drug-likeness (QED) is 0.876. The second-order valence-electron chi connectivity index (χ2n) is 5.92. The summed E-state index contributed by atoms with van der Waals surface area (Å²) in [7, 11) is -3.66. The number of carbonyl (C=O) groups excluding carboxylic acids is 1.